The average Bonchev–Trinajstić information content (AvgIpc) is 3.20. The molecule has 0 radical (unpaired) electrons. The van der Waals surface area contributed by atoms with Crippen molar-refractivity contribution in [3.05, 3.63) is 68.2 Å². The predicted molar refractivity (Wildman–Crippen MR) is 141 cm³/mol. The molecule has 1 aromatic heterocycles. The van der Waals surface area contributed by atoms with Crippen molar-refractivity contribution < 1.29 is 14.3 Å². The number of ether oxygens (including phenoxy) is 2. The molecule has 1 aliphatic heterocycles. The van der Waals surface area contributed by atoms with E-state index in [0.717, 1.165) is 42.4 Å². The number of thiazole rings is 1. The molecule has 188 valence electrons. The van der Waals surface area contributed by atoms with Crippen LogP contribution >= 0.6 is 11.3 Å². The van der Waals surface area contributed by atoms with Gasteiger partial charge in [0.1, 0.15) is 34.2 Å². The summed E-state index contributed by atoms with van der Waals surface area (Å²) in [4.78, 5) is 27.2. The third kappa shape index (κ3) is 7.61. The lowest BCUT2D eigenvalue weighted by Gasteiger charge is -2.26. The van der Waals surface area contributed by atoms with Gasteiger partial charge >= 0.3 is 5.97 Å². The molecular weight excluding hydrogens is 476 g/mol. The second-order valence-electron chi connectivity index (χ2n) is 8.00. The Labute approximate surface area is 214 Å². The largest absolute Gasteiger partial charge is 0.492 e. The first-order chi connectivity index (χ1) is 17.5. The summed E-state index contributed by atoms with van der Waals surface area (Å²) in [6, 6.07) is 9.37. The van der Waals surface area contributed by atoms with E-state index in [1.165, 1.54) is 29.9 Å². The summed E-state index contributed by atoms with van der Waals surface area (Å²) in [5.41, 5.74) is 5.87. The van der Waals surface area contributed by atoms with Gasteiger partial charge in [-0.1, -0.05) is 47.9 Å². The van der Waals surface area contributed by atoms with Gasteiger partial charge in [0, 0.05) is 31.0 Å². The highest BCUT2D eigenvalue weighted by Crippen LogP contribution is 2.17. The molecule has 0 aliphatic carbocycles. The second kappa shape index (κ2) is 13.9. The van der Waals surface area contributed by atoms with E-state index in [1.54, 1.807) is 19.2 Å². The maximum absolute atomic E-state index is 12.8. The minimum absolute atomic E-state index is 0.0190. The number of anilines is 1. The lowest BCUT2D eigenvalue weighted by molar-refractivity contribution is -0.137. The van der Waals surface area contributed by atoms with Gasteiger partial charge in [0.15, 0.2) is 5.57 Å². The molecule has 0 bridgehead atoms. The van der Waals surface area contributed by atoms with Gasteiger partial charge in [-0.2, -0.15) is 5.26 Å². The summed E-state index contributed by atoms with van der Waals surface area (Å²) in [6.07, 6.45) is 6.79. The number of carbonyl (C=O) groups excluding carboxylic acids is 1. The van der Waals surface area contributed by atoms with E-state index in [0.29, 0.717) is 22.3 Å². The summed E-state index contributed by atoms with van der Waals surface area (Å²) in [6.45, 7) is 9.43. The van der Waals surface area contributed by atoms with E-state index in [2.05, 4.69) is 28.3 Å². The van der Waals surface area contributed by atoms with Crippen LogP contribution < -0.4 is 24.8 Å². The summed E-state index contributed by atoms with van der Waals surface area (Å²) in [5, 5.41) is 12.4. The Hall–Kier alpha value is -3.79. The number of hydrogen-bond donors (Lipinski definition) is 1. The molecule has 3 rings (SSSR count). The van der Waals surface area contributed by atoms with E-state index < -0.39 is 5.97 Å². The van der Waals surface area contributed by atoms with Crippen molar-refractivity contribution in [3.63, 3.8) is 0 Å². The number of nitriles is 1. The Bertz CT molecular complexity index is 1370. The van der Waals surface area contributed by atoms with Crippen LogP contribution in [-0.2, 0) is 16.1 Å². The van der Waals surface area contributed by atoms with Gasteiger partial charge in [0.05, 0.1) is 0 Å². The van der Waals surface area contributed by atoms with Crippen LogP contribution in [0.2, 0.25) is 0 Å². The molecule has 2 heterocycles. The van der Waals surface area contributed by atoms with Gasteiger partial charge in [-0.3, -0.25) is 14.3 Å². The quantitative estimate of drug-likeness (QED) is 0.229. The Balaban J connectivity index is 1.77. The van der Waals surface area contributed by atoms with E-state index in [9.17, 15) is 14.9 Å². The van der Waals surface area contributed by atoms with Crippen LogP contribution in [0.25, 0.3) is 11.5 Å². The standard InChI is InChI=1S/C27H30N4O4S/c1-3-16-35-27(33)21(20-28)18-25-31(4-2)26(32)24(36-25)11-12-29-22-9-8-10-23(19-22)34-17-15-30-13-6-5-7-14-30/h3,8-10,12,19,29H,1,4-7,13-17H2,2H3. The fourth-order valence-corrected chi connectivity index (χ4v) is 4.64. The molecule has 0 unspecified atom stereocenters. The van der Waals surface area contributed by atoms with Gasteiger partial charge in [-0.15, -0.1) is 0 Å². The first-order valence-corrected chi connectivity index (χ1v) is 12.7. The highest BCUT2D eigenvalue weighted by molar-refractivity contribution is 7.07. The predicted octanol–water partition coefficient (Wildman–Crippen LogP) is 2.36. The number of nitrogens with zero attached hydrogens (tertiary/aromatic N) is 3. The maximum Gasteiger partial charge on any atom is 0.357 e. The molecule has 1 N–H and O–H groups in total. The fraction of sp³-hybridized carbons (Fsp3) is 0.370. The van der Waals surface area contributed by atoms with Crippen LogP contribution in [0.1, 0.15) is 26.2 Å². The zero-order valence-electron chi connectivity index (χ0n) is 20.4. The molecule has 9 heteroatoms. The van der Waals surface area contributed by atoms with Crippen molar-refractivity contribution in [2.24, 2.45) is 0 Å². The number of aromatic nitrogens is 1. The molecule has 1 fully saturated rings. The second-order valence-corrected chi connectivity index (χ2v) is 9.00. The topological polar surface area (TPSA) is 96.6 Å². The van der Waals surface area contributed by atoms with Crippen LogP contribution in [0.3, 0.4) is 0 Å². The van der Waals surface area contributed by atoms with Crippen molar-refractivity contribution >= 4 is 34.5 Å². The average molecular weight is 507 g/mol. The molecular formula is C27H30N4O4S. The first-order valence-electron chi connectivity index (χ1n) is 11.9. The molecule has 1 aromatic carbocycles. The summed E-state index contributed by atoms with van der Waals surface area (Å²) in [5.74, 6) is -0.0501. The third-order valence-corrected chi connectivity index (χ3v) is 6.49. The normalized spacial score (nSPS) is 13.0. The summed E-state index contributed by atoms with van der Waals surface area (Å²) >= 11 is 1.09. The first kappa shape index (κ1) is 26.8. The van der Waals surface area contributed by atoms with E-state index in [-0.39, 0.29) is 17.7 Å². The van der Waals surface area contributed by atoms with Crippen LogP contribution in [0, 0.1) is 11.3 Å². The highest BCUT2D eigenvalue weighted by atomic mass is 32.1. The van der Waals surface area contributed by atoms with Crippen molar-refractivity contribution in [2.45, 2.75) is 32.7 Å². The van der Waals surface area contributed by atoms with Crippen LogP contribution in [0.4, 0.5) is 5.69 Å². The number of likely N-dealkylation sites (tertiary alicyclic amines) is 1. The zero-order chi connectivity index (χ0) is 25.8. The number of rotatable bonds is 10. The van der Waals surface area contributed by atoms with Gasteiger partial charge in [0.2, 0.25) is 0 Å². The van der Waals surface area contributed by atoms with Crippen LogP contribution in [-0.4, -0.2) is 48.3 Å². The van der Waals surface area contributed by atoms with Gasteiger partial charge in [-0.25, -0.2) is 4.79 Å². The zero-order valence-corrected chi connectivity index (χ0v) is 21.2. The number of nitrogens with one attached hydrogen (secondary N) is 1. The molecule has 0 saturated carbocycles. The fourth-order valence-electron chi connectivity index (χ4n) is 3.66. The minimum atomic E-state index is -0.818. The smallest absolute Gasteiger partial charge is 0.357 e. The molecule has 0 atom stereocenters. The van der Waals surface area contributed by atoms with Crippen molar-refractivity contribution in [1.29, 1.82) is 5.26 Å². The lowest BCUT2D eigenvalue weighted by Crippen LogP contribution is -2.33. The van der Waals surface area contributed by atoms with Gasteiger partial charge < -0.3 is 14.8 Å². The van der Waals surface area contributed by atoms with Crippen molar-refractivity contribution in [3.8, 4) is 11.8 Å². The van der Waals surface area contributed by atoms with E-state index >= 15 is 0 Å². The van der Waals surface area contributed by atoms with Crippen molar-refractivity contribution in [1.82, 2.24) is 9.47 Å². The Kier molecular flexibility index (Phi) is 10.4. The van der Waals surface area contributed by atoms with Gasteiger partial charge in [0.25, 0.3) is 5.56 Å². The number of esters is 1. The summed E-state index contributed by atoms with van der Waals surface area (Å²) in [7, 11) is 0. The van der Waals surface area contributed by atoms with Gasteiger partial charge in [-0.05, 0) is 45.0 Å². The number of piperidine rings is 1. The molecule has 0 spiro atoms. The number of hydrogen-bond acceptors (Lipinski definition) is 8. The monoisotopic (exact) mass is 506 g/mol. The number of carbonyl (C=O) groups is 1. The molecule has 8 nitrogen and oxygen atoms in total. The Morgan fingerprint density at radius 2 is 2.11 bits per heavy atom. The Morgan fingerprint density at radius 3 is 2.83 bits per heavy atom. The minimum Gasteiger partial charge on any atom is -0.492 e. The SMILES string of the molecule is C=CCOC(=O)C(=C=c1sc(=C=CNc2cccc(OCCN3CCCCC3)c2)c(=O)n1CC)C#N. The molecule has 36 heavy (non-hydrogen) atoms. The maximum atomic E-state index is 12.8. The molecule has 1 saturated heterocycles. The van der Waals surface area contributed by atoms with Crippen LogP contribution in [0.5, 0.6) is 5.75 Å². The van der Waals surface area contributed by atoms with Crippen molar-refractivity contribution in [2.75, 3.05) is 38.2 Å². The summed E-state index contributed by atoms with van der Waals surface area (Å²) < 4.78 is 12.9. The molecule has 2 aromatic rings. The third-order valence-electron chi connectivity index (χ3n) is 5.48. The molecule has 1 aliphatic rings. The van der Waals surface area contributed by atoms with E-state index in [1.807, 2.05) is 24.3 Å². The highest BCUT2D eigenvalue weighted by Gasteiger charge is 2.11. The number of benzene rings is 1. The Morgan fingerprint density at radius 1 is 1.31 bits per heavy atom. The van der Waals surface area contributed by atoms with E-state index in [4.69, 9.17) is 9.47 Å². The lowest BCUT2D eigenvalue weighted by atomic mass is 10.1. The molecule has 0 amide bonds. The van der Waals surface area contributed by atoms with Crippen LogP contribution in [0.15, 0.2) is 53.5 Å².